The Balaban J connectivity index is 2.05. The summed E-state index contributed by atoms with van der Waals surface area (Å²) in [5, 5.41) is 0. The van der Waals surface area contributed by atoms with Crippen LogP contribution in [0.3, 0.4) is 0 Å². The predicted molar refractivity (Wildman–Crippen MR) is 31.3 cm³/mol. The van der Waals surface area contributed by atoms with Crippen LogP contribution in [0, 0.1) is 5.92 Å². The smallest absolute Gasteiger partial charge is 0.312 e. The average Bonchev–Trinajstić information content (AvgIpc) is 2.44. The van der Waals surface area contributed by atoms with Gasteiger partial charge in [-0.25, -0.2) is 0 Å². The van der Waals surface area contributed by atoms with E-state index >= 15 is 0 Å². The van der Waals surface area contributed by atoms with Crippen LogP contribution in [0.15, 0.2) is 0 Å². The van der Waals surface area contributed by atoms with Crippen molar-refractivity contribution in [2.45, 2.75) is 31.2 Å². The lowest BCUT2D eigenvalue weighted by atomic mass is 9.90. The van der Waals surface area contributed by atoms with Crippen LogP contribution < -0.4 is 0 Å². The fraction of sp³-hybridized carbons (Fsp3) is 0.857. The van der Waals surface area contributed by atoms with Crippen molar-refractivity contribution in [1.82, 2.24) is 0 Å². The van der Waals surface area contributed by atoms with Gasteiger partial charge in [0, 0.05) is 6.42 Å². The van der Waals surface area contributed by atoms with E-state index in [0.717, 1.165) is 12.8 Å². The second kappa shape index (κ2) is 1.37. The van der Waals surface area contributed by atoms with Crippen LogP contribution in [0.25, 0.3) is 0 Å². The zero-order valence-corrected chi connectivity index (χ0v) is 5.45. The van der Waals surface area contributed by atoms with Crippen molar-refractivity contribution in [2.75, 3.05) is 0 Å². The van der Waals surface area contributed by atoms with Gasteiger partial charge in [0.15, 0.2) is 0 Å². The van der Waals surface area contributed by atoms with E-state index in [1.54, 1.807) is 0 Å². The molecule has 3 aliphatic heterocycles. The van der Waals surface area contributed by atoms with Crippen molar-refractivity contribution >= 4 is 5.97 Å². The third-order valence-electron chi connectivity index (χ3n) is 2.69. The second-order valence-electron chi connectivity index (χ2n) is 3.28. The van der Waals surface area contributed by atoms with Gasteiger partial charge in [-0.05, 0) is 6.42 Å². The molecule has 0 saturated carbocycles. The zero-order chi connectivity index (χ0) is 6.72. The molecule has 3 fully saturated rings. The molecule has 0 spiro atoms. The van der Waals surface area contributed by atoms with Gasteiger partial charge < -0.3 is 9.47 Å². The molecule has 3 saturated heterocycles. The van der Waals surface area contributed by atoms with E-state index in [4.69, 9.17) is 9.47 Å². The van der Waals surface area contributed by atoms with Crippen molar-refractivity contribution < 1.29 is 14.3 Å². The van der Waals surface area contributed by atoms with Gasteiger partial charge in [0.2, 0.25) is 0 Å². The first-order valence-electron chi connectivity index (χ1n) is 3.70. The van der Waals surface area contributed by atoms with Crippen LogP contribution in [0.5, 0.6) is 0 Å². The molecule has 0 aromatic rings. The molecule has 3 unspecified atom stereocenters. The number of hydrogen-bond acceptors (Lipinski definition) is 3. The molecule has 3 rings (SSSR count). The first-order valence-corrected chi connectivity index (χ1v) is 3.70. The molecule has 0 aliphatic carbocycles. The Hall–Kier alpha value is -0.570. The van der Waals surface area contributed by atoms with Gasteiger partial charge in [-0.1, -0.05) is 0 Å². The molecule has 2 bridgehead atoms. The van der Waals surface area contributed by atoms with E-state index in [1.165, 1.54) is 0 Å². The summed E-state index contributed by atoms with van der Waals surface area (Å²) in [6.07, 6.45) is 2.40. The lowest BCUT2D eigenvalue weighted by Gasteiger charge is -2.07. The van der Waals surface area contributed by atoms with Crippen molar-refractivity contribution in [3.63, 3.8) is 0 Å². The lowest BCUT2D eigenvalue weighted by Crippen LogP contribution is -2.22. The van der Waals surface area contributed by atoms with Gasteiger partial charge in [0.1, 0.15) is 12.2 Å². The van der Waals surface area contributed by atoms with Gasteiger partial charge in [-0.15, -0.1) is 0 Å². The molecular formula is C7H8O3. The molecule has 3 nitrogen and oxygen atoms in total. The number of fused-ring (bicyclic) bond motifs is 1. The number of rotatable bonds is 0. The largest absolute Gasteiger partial charge is 0.459 e. The Bertz CT molecular complexity index is 199. The summed E-state index contributed by atoms with van der Waals surface area (Å²) < 4.78 is 10.6. The first kappa shape index (κ1) is 5.13. The Kier molecular flexibility index (Phi) is 0.703. The first-order chi connectivity index (χ1) is 4.84. The Labute approximate surface area is 58.3 Å². The number of hydrogen-bond donors (Lipinski definition) is 0. The molecule has 3 heteroatoms. The molecule has 0 aromatic heterocycles. The standard InChI is InChI=1S/C7H8O3/c8-7-4-1-3-2-5(10-7)6(4)9-3/h3-6H,1-2H2/t3?,4?,5?,6-/m1/s1. The Morgan fingerprint density at radius 1 is 1.40 bits per heavy atom. The summed E-state index contributed by atoms with van der Waals surface area (Å²) in [4.78, 5) is 11.0. The second-order valence-corrected chi connectivity index (χ2v) is 3.28. The number of esters is 1. The van der Waals surface area contributed by atoms with Gasteiger partial charge in [-0.3, -0.25) is 4.79 Å². The highest BCUT2D eigenvalue weighted by atomic mass is 16.6. The van der Waals surface area contributed by atoms with Crippen LogP contribution in [0.1, 0.15) is 12.8 Å². The van der Waals surface area contributed by atoms with Gasteiger partial charge in [-0.2, -0.15) is 0 Å². The lowest BCUT2D eigenvalue weighted by molar-refractivity contribution is -0.143. The molecule has 3 heterocycles. The van der Waals surface area contributed by atoms with Crippen molar-refractivity contribution in [3.8, 4) is 0 Å². The maximum Gasteiger partial charge on any atom is 0.312 e. The van der Waals surface area contributed by atoms with Crippen LogP contribution in [0.4, 0.5) is 0 Å². The molecule has 54 valence electrons. The zero-order valence-electron chi connectivity index (χ0n) is 5.45. The predicted octanol–water partition coefficient (Wildman–Crippen LogP) is 0.0892. The maximum atomic E-state index is 11.0. The highest BCUT2D eigenvalue weighted by Gasteiger charge is 2.57. The van der Waals surface area contributed by atoms with Gasteiger partial charge in [0.25, 0.3) is 0 Å². The highest BCUT2D eigenvalue weighted by molar-refractivity contribution is 5.76. The molecular weight excluding hydrogens is 132 g/mol. The van der Waals surface area contributed by atoms with E-state index in [0.29, 0.717) is 6.10 Å². The van der Waals surface area contributed by atoms with Crippen molar-refractivity contribution in [2.24, 2.45) is 5.92 Å². The third-order valence-corrected chi connectivity index (χ3v) is 2.69. The van der Waals surface area contributed by atoms with Crippen LogP contribution in [-0.4, -0.2) is 24.3 Å². The minimum absolute atomic E-state index is 0.0324. The quantitative estimate of drug-likeness (QED) is 0.447. The SMILES string of the molecule is O=C1OC2CC3CC1[C@H]2O3. The summed E-state index contributed by atoms with van der Waals surface area (Å²) in [5.41, 5.74) is 0. The fourth-order valence-electron chi connectivity index (χ4n) is 2.26. The molecule has 0 radical (unpaired) electrons. The molecule has 0 aromatic carbocycles. The Morgan fingerprint density at radius 2 is 2.30 bits per heavy atom. The molecule has 3 aliphatic rings. The normalized spacial score (nSPS) is 55.8. The van der Waals surface area contributed by atoms with E-state index in [1.807, 2.05) is 0 Å². The Morgan fingerprint density at radius 3 is 2.90 bits per heavy atom. The molecule has 10 heavy (non-hydrogen) atoms. The van der Waals surface area contributed by atoms with Gasteiger partial charge in [0.05, 0.1) is 12.0 Å². The van der Waals surface area contributed by atoms with Crippen LogP contribution in [0.2, 0.25) is 0 Å². The van der Waals surface area contributed by atoms with Crippen LogP contribution in [-0.2, 0) is 14.3 Å². The average molecular weight is 140 g/mol. The van der Waals surface area contributed by atoms with E-state index in [-0.39, 0.29) is 24.1 Å². The number of carbonyl (C=O) groups is 1. The van der Waals surface area contributed by atoms with Crippen molar-refractivity contribution in [3.05, 3.63) is 0 Å². The molecule has 0 N–H and O–H groups in total. The summed E-state index contributed by atoms with van der Waals surface area (Å²) >= 11 is 0. The summed E-state index contributed by atoms with van der Waals surface area (Å²) in [6, 6.07) is 0. The number of carbonyl (C=O) groups excluding carboxylic acids is 1. The van der Waals surface area contributed by atoms with Crippen molar-refractivity contribution in [1.29, 1.82) is 0 Å². The monoisotopic (exact) mass is 140 g/mol. The highest BCUT2D eigenvalue weighted by Crippen LogP contribution is 2.45. The summed E-state index contributed by atoms with van der Waals surface area (Å²) in [7, 11) is 0. The topological polar surface area (TPSA) is 35.5 Å². The minimum Gasteiger partial charge on any atom is -0.459 e. The van der Waals surface area contributed by atoms with E-state index in [9.17, 15) is 4.79 Å². The third kappa shape index (κ3) is 0.408. The summed E-state index contributed by atoms with van der Waals surface area (Å²) in [6.45, 7) is 0. The van der Waals surface area contributed by atoms with Crippen LogP contribution >= 0.6 is 0 Å². The number of ether oxygens (including phenoxy) is 2. The maximum absolute atomic E-state index is 11.0. The van der Waals surface area contributed by atoms with E-state index in [2.05, 4.69) is 0 Å². The fourth-order valence-corrected chi connectivity index (χ4v) is 2.26. The molecule has 4 atom stereocenters. The van der Waals surface area contributed by atoms with Gasteiger partial charge >= 0.3 is 5.97 Å². The van der Waals surface area contributed by atoms with E-state index < -0.39 is 0 Å². The summed E-state index contributed by atoms with van der Waals surface area (Å²) in [5.74, 6) is 0.0544. The molecule has 0 amide bonds. The minimum atomic E-state index is -0.0324.